The summed E-state index contributed by atoms with van der Waals surface area (Å²) in [5.74, 6) is 1.82. The first kappa shape index (κ1) is 11.9. The summed E-state index contributed by atoms with van der Waals surface area (Å²) in [5.41, 5.74) is 1.73. The Hall–Kier alpha value is -0.560. The number of hydrogen-bond donors (Lipinski definition) is 1. The maximum absolute atomic E-state index is 9.99. The van der Waals surface area contributed by atoms with E-state index in [1.54, 1.807) is 0 Å². The number of aliphatic hydroxyl groups is 1. The van der Waals surface area contributed by atoms with Gasteiger partial charge in [-0.2, -0.15) is 0 Å². The molecule has 90 valence electrons. The molecule has 1 nitrogen and oxygen atoms in total. The van der Waals surface area contributed by atoms with Gasteiger partial charge in [0.2, 0.25) is 0 Å². The third kappa shape index (κ3) is 1.75. The molecule has 0 unspecified atom stereocenters. The third-order valence-electron chi connectivity index (χ3n) is 4.78. The Balaban J connectivity index is 2.20. The van der Waals surface area contributed by atoms with Crippen LogP contribution < -0.4 is 0 Å². The fourth-order valence-electron chi connectivity index (χ4n) is 3.97. The fourth-order valence-corrected chi connectivity index (χ4v) is 3.97. The minimum atomic E-state index is -0.186. The summed E-state index contributed by atoms with van der Waals surface area (Å²) in [6.45, 7) is 10.8. The van der Waals surface area contributed by atoms with Crippen molar-refractivity contribution in [3.05, 3.63) is 24.3 Å². The maximum atomic E-state index is 9.99. The van der Waals surface area contributed by atoms with Crippen molar-refractivity contribution >= 4 is 0 Å². The zero-order valence-corrected chi connectivity index (χ0v) is 10.7. The van der Waals surface area contributed by atoms with Gasteiger partial charge in [-0.3, -0.25) is 0 Å². The minimum Gasteiger partial charge on any atom is -0.389 e. The molecular weight excluding hydrogens is 196 g/mol. The van der Waals surface area contributed by atoms with Crippen LogP contribution in [0, 0.1) is 23.2 Å². The lowest BCUT2D eigenvalue weighted by Crippen LogP contribution is -2.29. The average molecular weight is 220 g/mol. The van der Waals surface area contributed by atoms with E-state index < -0.39 is 0 Å². The SMILES string of the molecule is C=CCC(C)(C)[C@@H]1CC[C@@H]2[C@H]1C(C)=C[C@H]2O. The largest absolute Gasteiger partial charge is 0.389 e. The molecule has 2 rings (SSSR count). The second-order valence-electron chi connectivity index (χ2n) is 6.26. The van der Waals surface area contributed by atoms with Crippen molar-refractivity contribution < 1.29 is 5.11 Å². The molecule has 2 aliphatic carbocycles. The highest BCUT2D eigenvalue weighted by Crippen LogP contribution is 2.54. The van der Waals surface area contributed by atoms with Crippen molar-refractivity contribution in [2.45, 2.75) is 46.1 Å². The highest BCUT2D eigenvalue weighted by Gasteiger charge is 2.48. The molecule has 0 aromatic rings. The second-order valence-corrected chi connectivity index (χ2v) is 6.26. The quantitative estimate of drug-likeness (QED) is 0.721. The van der Waals surface area contributed by atoms with E-state index in [-0.39, 0.29) is 6.10 Å². The van der Waals surface area contributed by atoms with Crippen LogP contribution >= 0.6 is 0 Å². The number of hydrogen-bond acceptors (Lipinski definition) is 1. The van der Waals surface area contributed by atoms with Crippen LogP contribution in [0.2, 0.25) is 0 Å². The predicted molar refractivity (Wildman–Crippen MR) is 68.1 cm³/mol. The molecule has 0 spiro atoms. The van der Waals surface area contributed by atoms with Gasteiger partial charge in [0.15, 0.2) is 0 Å². The van der Waals surface area contributed by atoms with Gasteiger partial charge in [0.05, 0.1) is 6.10 Å². The summed E-state index contributed by atoms with van der Waals surface area (Å²) in [7, 11) is 0. The van der Waals surface area contributed by atoms with Crippen molar-refractivity contribution in [3.63, 3.8) is 0 Å². The first-order valence-corrected chi connectivity index (χ1v) is 6.44. The van der Waals surface area contributed by atoms with Crippen molar-refractivity contribution in [3.8, 4) is 0 Å². The van der Waals surface area contributed by atoms with E-state index in [1.807, 2.05) is 6.08 Å². The molecule has 16 heavy (non-hydrogen) atoms. The Kier molecular flexibility index (Phi) is 3.00. The van der Waals surface area contributed by atoms with Crippen LogP contribution in [0.4, 0.5) is 0 Å². The zero-order valence-electron chi connectivity index (χ0n) is 10.7. The summed E-state index contributed by atoms with van der Waals surface area (Å²) < 4.78 is 0. The molecule has 0 amide bonds. The Morgan fingerprint density at radius 3 is 2.81 bits per heavy atom. The lowest BCUT2D eigenvalue weighted by Gasteiger charge is -2.36. The first-order chi connectivity index (χ1) is 7.47. The van der Waals surface area contributed by atoms with E-state index in [0.29, 0.717) is 23.2 Å². The van der Waals surface area contributed by atoms with Gasteiger partial charge in [-0.1, -0.05) is 31.6 Å². The van der Waals surface area contributed by atoms with Crippen LogP contribution in [-0.4, -0.2) is 11.2 Å². The van der Waals surface area contributed by atoms with Gasteiger partial charge in [0.1, 0.15) is 0 Å². The van der Waals surface area contributed by atoms with Gasteiger partial charge in [-0.15, -0.1) is 6.58 Å². The fraction of sp³-hybridized carbons (Fsp3) is 0.733. The van der Waals surface area contributed by atoms with Crippen molar-refractivity contribution in [1.29, 1.82) is 0 Å². The summed E-state index contributed by atoms with van der Waals surface area (Å²) >= 11 is 0. The molecule has 0 aromatic carbocycles. The standard InChI is InChI=1S/C15H24O/c1-5-8-15(3,4)12-7-6-11-13(16)9-10(2)14(11)12/h5,9,11-14,16H,1,6-8H2,2-4H3/t11-,12+,13+,14+/m0/s1. The van der Waals surface area contributed by atoms with E-state index in [1.165, 1.54) is 18.4 Å². The van der Waals surface area contributed by atoms with E-state index >= 15 is 0 Å². The summed E-state index contributed by atoms with van der Waals surface area (Å²) in [4.78, 5) is 0. The monoisotopic (exact) mass is 220 g/mol. The van der Waals surface area contributed by atoms with Crippen LogP contribution in [0.1, 0.15) is 40.0 Å². The molecule has 4 atom stereocenters. The highest BCUT2D eigenvalue weighted by molar-refractivity contribution is 5.22. The van der Waals surface area contributed by atoms with Crippen LogP contribution in [0.15, 0.2) is 24.3 Å². The Bertz CT molecular complexity index is 313. The van der Waals surface area contributed by atoms with Crippen LogP contribution in [0.25, 0.3) is 0 Å². The summed E-state index contributed by atoms with van der Waals surface area (Å²) in [6, 6.07) is 0. The number of rotatable bonds is 3. The molecular formula is C15H24O. The van der Waals surface area contributed by atoms with Gasteiger partial charge in [-0.05, 0) is 49.4 Å². The van der Waals surface area contributed by atoms with Gasteiger partial charge in [0.25, 0.3) is 0 Å². The predicted octanol–water partition coefficient (Wildman–Crippen LogP) is 3.55. The maximum Gasteiger partial charge on any atom is 0.0757 e. The Labute approximate surface area is 99.3 Å². The smallest absolute Gasteiger partial charge is 0.0757 e. The van der Waals surface area contributed by atoms with Gasteiger partial charge in [-0.25, -0.2) is 0 Å². The molecule has 1 N–H and O–H groups in total. The molecule has 0 aromatic heterocycles. The lowest BCUT2D eigenvalue weighted by molar-refractivity contribution is 0.122. The van der Waals surface area contributed by atoms with Gasteiger partial charge in [0, 0.05) is 0 Å². The Morgan fingerprint density at radius 2 is 2.19 bits per heavy atom. The molecule has 0 radical (unpaired) electrons. The normalized spacial score (nSPS) is 38.4. The van der Waals surface area contributed by atoms with E-state index in [2.05, 4.69) is 33.4 Å². The first-order valence-electron chi connectivity index (χ1n) is 6.44. The van der Waals surface area contributed by atoms with Crippen molar-refractivity contribution in [2.24, 2.45) is 23.2 Å². The molecule has 1 saturated carbocycles. The van der Waals surface area contributed by atoms with Gasteiger partial charge >= 0.3 is 0 Å². The van der Waals surface area contributed by atoms with Crippen LogP contribution in [0.3, 0.4) is 0 Å². The molecule has 1 heteroatoms. The molecule has 0 bridgehead atoms. The molecule has 0 heterocycles. The molecule has 0 saturated heterocycles. The van der Waals surface area contributed by atoms with Crippen LogP contribution in [0.5, 0.6) is 0 Å². The number of allylic oxidation sites excluding steroid dienone is 2. The second kappa shape index (κ2) is 4.03. The topological polar surface area (TPSA) is 20.2 Å². The molecule has 1 fully saturated rings. The average Bonchev–Trinajstić information content (AvgIpc) is 2.70. The Morgan fingerprint density at radius 1 is 1.50 bits per heavy atom. The van der Waals surface area contributed by atoms with Crippen LogP contribution in [-0.2, 0) is 0 Å². The van der Waals surface area contributed by atoms with Gasteiger partial charge < -0.3 is 5.11 Å². The number of fused-ring (bicyclic) bond motifs is 1. The highest BCUT2D eigenvalue weighted by atomic mass is 16.3. The molecule has 2 aliphatic rings. The van der Waals surface area contributed by atoms with Crippen molar-refractivity contribution in [1.82, 2.24) is 0 Å². The van der Waals surface area contributed by atoms with E-state index in [0.717, 1.165) is 6.42 Å². The summed E-state index contributed by atoms with van der Waals surface area (Å²) in [6.07, 6.45) is 7.45. The van der Waals surface area contributed by atoms with E-state index in [4.69, 9.17) is 0 Å². The zero-order chi connectivity index (χ0) is 11.9. The summed E-state index contributed by atoms with van der Waals surface area (Å²) in [5, 5.41) is 9.99. The van der Waals surface area contributed by atoms with E-state index in [9.17, 15) is 5.11 Å². The minimum absolute atomic E-state index is 0.186. The number of aliphatic hydroxyl groups excluding tert-OH is 1. The lowest BCUT2D eigenvalue weighted by atomic mass is 9.69. The molecule has 0 aliphatic heterocycles. The van der Waals surface area contributed by atoms with Crippen molar-refractivity contribution in [2.75, 3.05) is 0 Å². The third-order valence-corrected chi connectivity index (χ3v) is 4.78.